The van der Waals surface area contributed by atoms with Gasteiger partial charge in [0, 0.05) is 43.7 Å². The van der Waals surface area contributed by atoms with Crippen molar-refractivity contribution in [2.24, 2.45) is 17.8 Å². The Labute approximate surface area is 349 Å². The van der Waals surface area contributed by atoms with E-state index in [9.17, 15) is 0 Å². The molecule has 0 spiro atoms. The Bertz CT molecular complexity index is 3170. The lowest BCUT2D eigenvalue weighted by Crippen LogP contribution is -2.49. The van der Waals surface area contributed by atoms with Gasteiger partial charge in [-0.25, -0.2) is 15.0 Å². The topological polar surface area (TPSA) is 48.5 Å². The SMILES string of the molecule is c1ccc(-c2nc(-c3cc(-c4ccccc4-n4c5ccccc5c5ccccc54)ccc3-n3c4ccccc4c4ccccc43)nc(C34CC5CC(CC(C5)C3)C4)n2)cc1. The second-order valence-electron chi connectivity index (χ2n) is 17.9. The minimum absolute atomic E-state index is 0.0102. The van der Waals surface area contributed by atoms with E-state index in [0.717, 1.165) is 79.9 Å². The summed E-state index contributed by atoms with van der Waals surface area (Å²) in [6.07, 6.45) is 7.66. The Morgan fingerprint density at radius 3 is 1.38 bits per heavy atom. The van der Waals surface area contributed by atoms with Crippen LogP contribution >= 0.6 is 0 Å². The van der Waals surface area contributed by atoms with Crippen LogP contribution < -0.4 is 0 Å². The highest BCUT2D eigenvalue weighted by atomic mass is 15.1. The molecule has 5 heteroatoms. The zero-order chi connectivity index (χ0) is 39.4. The molecule has 4 bridgehead atoms. The molecule has 288 valence electrons. The third kappa shape index (κ3) is 5.14. The van der Waals surface area contributed by atoms with E-state index in [1.807, 2.05) is 0 Å². The van der Waals surface area contributed by atoms with E-state index in [0.29, 0.717) is 0 Å². The Kier molecular flexibility index (Phi) is 7.42. The van der Waals surface area contributed by atoms with Crippen LogP contribution in [0.2, 0.25) is 0 Å². The number of hydrogen-bond donors (Lipinski definition) is 0. The molecule has 0 unspecified atom stereocenters. The standard InChI is InChI=1S/C55H43N5/c1-2-14-38(15-3-1)52-56-53(58-54(57-52)55-32-35-28-36(33-55)30-37(29-35)34-55)45-31-39(26-27-51(45)60-49-24-12-7-19-43(49)44-20-8-13-25-50(44)60)40-16-4-9-21-46(40)59-47-22-10-5-17-41(47)42-18-6-11-23-48(42)59/h1-27,31,35-37H,28-30,32-34H2. The smallest absolute Gasteiger partial charge is 0.165 e. The first-order valence-corrected chi connectivity index (χ1v) is 21.7. The van der Waals surface area contributed by atoms with Crippen LogP contribution in [-0.4, -0.2) is 24.1 Å². The van der Waals surface area contributed by atoms with Crippen LogP contribution in [0.3, 0.4) is 0 Å². The van der Waals surface area contributed by atoms with Crippen LogP contribution in [0.15, 0.2) is 170 Å². The van der Waals surface area contributed by atoms with Gasteiger partial charge in [-0.05, 0) is 104 Å². The number of hydrogen-bond acceptors (Lipinski definition) is 3. The summed E-state index contributed by atoms with van der Waals surface area (Å²) in [5, 5.41) is 4.96. The number of aromatic nitrogens is 5. The molecule has 10 aromatic rings. The minimum atomic E-state index is -0.0102. The van der Waals surface area contributed by atoms with Gasteiger partial charge in [0.05, 0.1) is 33.4 Å². The van der Waals surface area contributed by atoms with Crippen LogP contribution in [0, 0.1) is 17.8 Å². The van der Waals surface area contributed by atoms with E-state index >= 15 is 0 Å². The summed E-state index contributed by atoms with van der Waals surface area (Å²) in [5.41, 5.74) is 11.2. The van der Waals surface area contributed by atoms with Crippen molar-refractivity contribution in [2.75, 3.05) is 0 Å². The highest BCUT2D eigenvalue weighted by Gasteiger charge is 2.53. The zero-order valence-corrected chi connectivity index (χ0v) is 33.4. The lowest BCUT2D eigenvalue weighted by Gasteiger charge is -2.56. The summed E-state index contributed by atoms with van der Waals surface area (Å²) >= 11 is 0. The molecule has 4 aliphatic rings. The maximum Gasteiger partial charge on any atom is 0.165 e. The molecule has 0 radical (unpaired) electrons. The molecule has 0 amide bonds. The highest BCUT2D eigenvalue weighted by molar-refractivity contribution is 6.11. The van der Waals surface area contributed by atoms with Gasteiger partial charge in [0.25, 0.3) is 0 Å². The first-order valence-electron chi connectivity index (χ1n) is 21.7. The maximum atomic E-state index is 5.70. The summed E-state index contributed by atoms with van der Waals surface area (Å²) in [6.45, 7) is 0. The average molecular weight is 774 g/mol. The maximum absolute atomic E-state index is 5.70. The van der Waals surface area contributed by atoms with Crippen molar-refractivity contribution in [3.8, 4) is 45.3 Å². The number of nitrogens with zero attached hydrogens (tertiary/aromatic N) is 5. The molecule has 14 rings (SSSR count). The van der Waals surface area contributed by atoms with Gasteiger partial charge in [0.1, 0.15) is 5.82 Å². The third-order valence-electron chi connectivity index (χ3n) is 14.3. The van der Waals surface area contributed by atoms with Crippen LogP contribution in [-0.2, 0) is 5.41 Å². The summed E-state index contributed by atoms with van der Waals surface area (Å²) in [6, 6.07) is 61.5. The second kappa shape index (κ2) is 13.1. The minimum Gasteiger partial charge on any atom is -0.309 e. The monoisotopic (exact) mass is 773 g/mol. The molecule has 0 aliphatic heterocycles. The van der Waals surface area contributed by atoms with E-state index in [2.05, 4.69) is 179 Å². The van der Waals surface area contributed by atoms with Crippen molar-refractivity contribution in [3.05, 3.63) is 176 Å². The molecule has 0 saturated heterocycles. The molecular weight excluding hydrogens is 731 g/mol. The fourth-order valence-electron chi connectivity index (χ4n) is 12.2. The fraction of sp³-hybridized carbons (Fsp3) is 0.182. The van der Waals surface area contributed by atoms with Crippen molar-refractivity contribution in [1.82, 2.24) is 24.1 Å². The van der Waals surface area contributed by atoms with Gasteiger partial charge in [-0.2, -0.15) is 0 Å². The van der Waals surface area contributed by atoms with Gasteiger partial charge in [0.15, 0.2) is 11.6 Å². The molecule has 3 heterocycles. The van der Waals surface area contributed by atoms with Crippen molar-refractivity contribution in [2.45, 2.75) is 43.9 Å². The van der Waals surface area contributed by atoms with Gasteiger partial charge in [-0.1, -0.05) is 127 Å². The van der Waals surface area contributed by atoms with Gasteiger partial charge in [-0.15, -0.1) is 0 Å². The van der Waals surface area contributed by atoms with Crippen molar-refractivity contribution >= 4 is 43.6 Å². The van der Waals surface area contributed by atoms with Crippen LogP contribution in [0.5, 0.6) is 0 Å². The predicted molar refractivity (Wildman–Crippen MR) is 245 cm³/mol. The van der Waals surface area contributed by atoms with Crippen LogP contribution in [0.4, 0.5) is 0 Å². The van der Waals surface area contributed by atoms with E-state index in [-0.39, 0.29) is 5.41 Å². The third-order valence-corrected chi connectivity index (χ3v) is 14.3. The van der Waals surface area contributed by atoms with E-state index in [4.69, 9.17) is 15.0 Å². The van der Waals surface area contributed by atoms with Gasteiger partial charge >= 0.3 is 0 Å². The Balaban J connectivity index is 1.09. The first kappa shape index (κ1) is 34.1. The summed E-state index contributed by atoms with van der Waals surface area (Å²) in [4.78, 5) is 16.6. The quantitative estimate of drug-likeness (QED) is 0.169. The summed E-state index contributed by atoms with van der Waals surface area (Å²) < 4.78 is 4.86. The molecule has 4 aliphatic carbocycles. The molecule has 5 nitrogen and oxygen atoms in total. The lowest BCUT2D eigenvalue weighted by atomic mass is 9.49. The molecule has 4 saturated carbocycles. The number of fused-ring (bicyclic) bond motifs is 6. The predicted octanol–water partition coefficient (Wildman–Crippen LogP) is 13.5. The van der Waals surface area contributed by atoms with Crippen LogP contribution in [0.1, 0.15) is 44.3 Å². The number of rotatable bonds is 6. The first-order chi connectivity index (χ1) is 29.7. The summed E-state index contributed by atoms with van der Waals surface area (Å²) in [5.74, 6) is 4.80. The lowest BCUT2D eigenvalue weighted by molar-refractivity contribution is -0.00938. The molecule has 60 heavy (non-hydrogen) atoms. The van der Waals surface area contributed by atoms with Crippen LogP contribution in [0.25, 0.3) is 88.9 Å². The fourth-order valence-corrected chi connectivity index (χ4v) is 12.2. The second-order valence-corrected chi connectivity index (χ2v) is 17.9. The molecule has 4 fully saturated rings. The van der Waals surface area contributed by atoms with E-state index < -0.39 is 0 Å². The van der Waals surface area contributed by atoms with Gasteiger partial charge < -0.3 is 9.13 Å². The molecule has 7 aromatic carbocycles. The summed E-state index contributed by atoms with van der Waals surface area (Å²) in [7, 11) is 0. The average Bonchev–Trinajstić information content (AvgIpc) is 3.82. The Hall–Kier alpha value is -6.85. The molecule has 0 atom stereocenters. The van der Waals surface area contributed by atoms with Gasteiger partial charge in [0.2, 0.25) is 0 Å². The number of para-hydroxylation sites is 5. The number of benzene rings is 7. The largest absolute Gasteiger partial charge is 0.309 e. The molecular formula is C55H43N5. The van der Waals surface area contributed by atoms with E-state index in [1.54, 1.807) is 0 Å². The van der Waals surface area contributed by atoms with Crippen molar-refractivity contribution in [3.63, 3.8) is 0 Å². The Morgan fingerprint density at radius 2 is 0.833 bits per heavy atom. The molecule has 3 aromatic heterocycles. The molecule has 0 N–H and O–H groups in total. The normalized spacial score (nSPS) is 20.8. The van der Waals surface area contributed by atoms with Crippen molar-refractivity contribution < 1.29 is 0 Å². The Morgan fingerprint density at radius 1 is 0.383 bits per heavy atom. The van der Waals surface area contributed by atoms with E-state index in [1.165, 1.54) is 71.1 Å². The van der Waals surface area contributed by atoms with Crippen molar-refractivity contribution in [1.29, 1.82) is 0 Å². The highest BCUT2D eigenvalue weighted by Crippen LogP contribution is 2.60. The zero-order valence-electron chi connectivity index (χ0n) is 33.4. The van der Waals surface area contributed by atoms with Gasteiger partial charge in [-0.3, -0.25) is 0 Å².